The Balaban J connectivity index is 1.59. The van der Waals surface area contributed by atoms with Gasteiger partial charge in [-0.15, -0.1) is 0 Å². The molecule has 8 heteroatoms. The largest absolute Gasteiger partial charge is 0.484 e. The number of aromatic nitrogens is 1. The molecule has 0 saturated carbocycles. The zero-order chi connectivity index (χ0) is 20.1. The first-order valence-corrected chi connectivity index (χ1v) is 8.50. The molecule has 1 N–H and O–H groups in total. The molecule has 0 bridgehead atoms. The lowest BCUT2D eigenvalue weighted by Crippen LogP contribution is -2.20. The summed E-state index contributed by atoms with van der Waals surface area (Å²) in [4.78, 5) is 16.0. The van der Waals surface area contributed by atoms with E-state index in [-0.39, 0.29) is 12.3 Å². The molecule has 3 rings (SSSR count). The van der Waals surface area contributed by atoms with Gasteiger partial charge in [-0.2, -0.15) is 13.2 Å². The van der Waals surface area contributed by atoms with Gasteiger partial charge in [0.25, 0.3) is 5.91 Å². The minimum Gasteiger partial charge on any atom is -0.484 e. The predicted octanol–water partition coefficient (Wildman–Crippen LogP) is 5.44. The second kappa shape index (κ2) is 8.31. The molecule has 3 aromatic rings. The zero-order valence-electron chi connectivity index (χ0n) is 14.3. The van der Waals surface area contributed by atoms with Crippen molar-refractivity contribution in [3.05, 3.63) is 77.6 Å². The maximum absolute atomic E-state index is 12.9. The van der Waals surface area contributed by atoms with E-state index in [0.29, 0.717) is 5.75 Å². The third-order valence-corrected chi connectivity index (χ3v) is 4.10. The molecular formula is C20H14ClF3N2O2. The highest BCUT2D eigenvalue weighted by Gasteiger charge is 2.33. The van der Waals surface area contributed by atoms with Crippen LogP contribution in [0.4, 0.5) is 18.9 Å². The molecule has 1 heterocycles. The van der Waals surface area contributed by atoms with Gasteiger partial charge in [0.05, 0.1) is 10.6 Å². The number of halogens is 4. The van der Waals surface area contributed by atoms with E-state index < -0.39 is 22.7 Å². The smallest absolute Gasteiger partial charge is 0.417 e. The minimum atomic E-state index is -4.61. The summed E-state index contributed by atoms with van der Waals surface area (Å²) in [5.74, 6) is -0.137. The number of alkyl halides is 3. The van der Waals surface area contributed by atoms with Crippen LogP contribution in [0.5, 0.6) is 5.75 Å². The van der Waals surface area contributed by atoms with Crippen molar-refractivity contribution >= 4 is 23.2 Å². The summed E-state index contributed by atoms with van der Waals surface area (Å²) >= 11 is 5.55. The number of benzene rings is 2. The van der Waals surface area contributed by atoms with E-state index in [1.54, 1.807) is 24.5 Å². The van der Waals surface area contributed by atoms with Crippen LogP contribution in [0.1, 0.15) is 5.56 Å². The molecule has 0 fully saturated rings. The summed E-state index contributed by atoms with van der Waals surface area (Å²) in [7, 11) is 0. The highest BCUT2D eigenvalue weighted by molar-refractivity contribution is 6.31. The SMILES string of the molecule is O=C(COc1ccc(-c2cccnc2)cc1)Nc1ccc(Cl)c(C(F)(F)F)c1. The van der Waals surface area contributed by atoms with Crippen LogP contribution in [-0.4, -0.2) is 17.5 Å². The Morgan fingerprint density at radius 2 is 1.82 bits per heavy atom. The molecular weight excluding hydrogens is 393 g/mol. The molecule has 28 heavy (non-hydrogen) atoms. The van der Waals surface area contributed by atoms with Crippen LogP contribution in [0.25, 0.3) is 11.1 Å². The number of hydrogen-bond acceptors (Lipinski definition) is 3. The summed E-state index contributed by atoms with van der Waals surface area (Å²) < 4.78 is 44.0. The maximum Gasteiger partial charge on any atom is 0.417 e. The number of hydrogen-bond donors (Lipinski definition) is 1. The summed E-state index contributed by atoms with van der Waals surface area (Å²) in [5.41, 5.74) is 0.844. The highest BCUT2D eigenvalue weighted by Crippen LogP contribution is 2.36. The summed E-state index contributed by atoms with van der Waals surface area (Å²) in [6.45, 7) is -0.351. The maximum atomic E-state index is 12.9. The van der Waals surface area contributed by atoms with Crippen molar-refractivity contribution in [2.45, 2.75) is 6.18 Å². The molecule has 0 aliphatic carbocycles. The first-order chi connectivity index (χ1) is 13.3. The number of carbonyl (C=O) groups is 1. The number of amides is 1. The second-order valence-electron chi connectivity index (χ2n) is 5.80. The van der Waals surface area contributed by atoms with E-state index >= 15 is 0 Å². The van der Waals surface area contributed by atoms with Crippen LogP contribution in [-0.2, 0) is 11.0 Å². The lowest BCUT2D eigenvalue weighted by atomic mass is 10.1. The van der Waals surface area contributed by atoms with Crippen molar-refractivity contribution < 1.29 is 22.7 Å². The van der Waals surface area contributed by atoms with Crippen LogP contribution in [0, 0.1) is 0 Å². The molecule has 0 aliphatic heterocycles. The number of pyridine rings is 1. The Morgan fingerprint density at radius 3 is 2.46 bits per heavy atom. The van der Waals surface area contributed by atoms with Gasteiger partial charge < -0.3 is 10.1 Å². The van der Waals surface area contributed by atoms with Gasteiger partial charge in [-0.25, -0.2) is 0 Å². The van der Waals surface area contributed by atoms with Gasteiger partial charge >= 0.3 is 6.18 Å². The Labute approximate surface area is 163 Å². The summed E-state index contributed by atoms with van der Waals surface area (Å²) in [6, 6.07) is 13.9. The van der Waals surface area contributed by atoms with Crippen LogP contribution in [0.15, 0.2) is 67.0 Å². The normalized spacial score (nSPS) is 11.1. The average molecular weight is 407 g/mol. The van der Waals surface area contributed by atoms with Crippen molar-refractivity contribution in [3.63, 3.8) is 0 Å². The number of nitrogens with one attached hydrogen (secondary N) is 1. The predicted molar refractivity (Wildman–Crippen MR) is 100 cm³/mol. The van der Waals surface area contributed by atoms with Gasteiger partial charge in [-0.3, -0.25) is 9.78 Å². The van der Waals surface area contributed by atoms with Gasteiger partial charge in [0.15, 0.2) is 6.61 Å². The topological polar surface area (TPSA) is 51.2 Å². The molecule has 0 unspecified atom stereocenters. The molecule has 0 radical (unpaired) electrons. The van der Waals surface area contributed by atoms with E-state index in [1.807, 2.05) is 24.3 Å². The number of rotatable bonds is 5. The van der Waals surface area contributed by atoms with E-state index in [4.69, 9.17) is 16.3 Å². The Bertz CT molecular complexity index is 961. The third-order valence-electron chi connectivity index (χ3n) is 3.77. The van der Waals surface area contributed by atoms with Crippen molar-refractivity contribution in [1.29, 1.82) is 0 Å². The second-order valence-corrected chi connectivity index (χ2v) is 6.20. The molecule has 1 amide bonds. The molecule has 144 valence electrons. The van der Waals surface area contributed by atoms with Crippen LogP contribution in [0.2, 0.25) is 5.02 Å². The lowest BCUT2D eigenvalue weighted by Gasteiger charge is -2.12. The molecule has 1 aromatic heterocycles. The Kier molecular flexibility index (Phi) is 5.84. The van der Waals surface area contributed by atoms with E-state index in [9.17, 15) is 18.0 Å². The number of ether oxygens (including phenoxy) is 1. The number of carbonyl (C=O) groups excluding carboxylic acids is 1. The summed E-state index contributed by atoms with van der Waals surface area (Å²) in [5, 5.41) is 1.92. The van der Waals surface area contributed by atoms with Gasteiger partial charge in [0.1, 0.15) is 5.75 Å². The molecule has 0 spiro atoms. The highest BCUT2D eigenvalue weighted by atomic mass is 35.5. The average Bonchev–Trinajstić information content (AvgIpc) is 2.68. The fourth-order valence-electron chi connectivity index (χ4n) is 2.44. The zero-order valence-corrected chi connectivity index (χ0v) is 15.1. The van der Waals surface area contributed by atoms with Crippen molar-refractivity contribution in [3.8, 4) is 16.9 Å². The monoisotopic (exact) mass is 406 g/mol. The molecule has 2 aromatic carbocycles. The van der Waals surface area contributed by atoms with Crippen molar-refractivity contribution in [2.75, 3.05) is 11.9 Å². The van der Waals surface area contributed by atoms with Gasteiger partial charge in [-0.1, -0.05) is 29.8 Å². The number of anilines is 1. The molecule has 0 saturated heterocycles. The van der Waals surface area contributed by atoms with Crippen molar-refractivity contribution in [2.24, 2.45) is 0 Å². The Morgan fingerprint density at radius 1 is 1.07 bits per heavy atom. The van der Waals surface area contributed by atoms with Crippen LogP contribution in [0.3, 0.4) is 0 Å². The molecule has 0 atom stereocenters. The van der Waals surface area contributed by atoms with E-state index in [2.05, 4.69) is 10.3 Å². The third kappa shape index (κ3) is 5.01. The van der Waals surface area contributed by atoms with Gasteiger partial charge in [0, 0.05) is 18.1 Å². The van der Waals surface area contributed by atoms with Crippen molar-refractivity contribution in [1.82, 2.24) is 4.98 Å². The standard InChI is InChI=1S/C20H14ClF3N2O2/c21-18-8-5-15(10-17(18)20(22,23)24)26-19(27)12-28-16-6-3-13(4-7-16)14-2-1-9-25-11-14/h1-11H,12H2,(H,26,27). The number of nitrogens with zero attached hydrogens (tertiary/aromatic N) is 1. The molecule has 0 aliphatic rings. The van der Waals surface area contributed by atoms with Crippen LogP contribution < -0.4 is 10.1 Å². The van der Waals surface area contributed by atoms with E-state index in [1.165, 1.54) is 6.07 Å². The Hall–Kier alpha value is -3.06. The minimum absolute atomic E-state index is 0.0164. The van der Waals surface area contributed by atoms with E-state index in [0.717, 1.165) is 23.3 Å². The first-order valence-electron chi connectivity index (χ1n) is 8.13. The summed E-state index contributed by atoms with van der Waals surface area (Å²) in [6.07, 6.45) is -1.20. The first kappa shape index (κ1) is 19.7. The van der Waals surface area contributed by atoms with Gasteiger partial charge in [-0.05, 0) is 47.5 Å². The fourth-order valence-corrected chi connectivity index (χ4v) is 2.67. The quantitative estimate of drug-likeness (QED) is 0.614. The van der Waals surface area contributed by atoms with Gasteiger partial charge in [0.2, 0.25) is 0 Å². The van der Waals surface area contributed by atoms with Crippen LogP contribution >= 0.6 is 11.6 Å². The fraction of sp³-hybridized carbons (Fsp3) is 0.100. The molecule has 4 nitrogen and oxygen atoms in total. The lowest BCUT2D eigenvalue weighted by molar-refractivity contribution is -0.137.